The van der Waals surface area contributed by atoms with E-state index >= 15 is 0 Å². The summed E-state index contributed by atoms with van der Waals surface area (Å²) in [6, 6.07) is 7.67. The fourth-order valence-corrected chi connectivity index (χ4v) is 2.58. The topological polar surface area (TPSA) is 49.9 Å². The third-order valence-electron chi connectivity index (χ3n) is 3.93. The van der Waals surface area contributed by atoms with Crippen molar-refractivity contribution >= 4 is 11.8 Å². The van der Waals surface area contributed by atoms with E-state index < -0.39 is 6.10 Å². The summed E-state index contributed by atoms with van der Waals surface area (Å²) in [5.41, 5.74) is 1.16. The van der Waals surface area contributed by atoms with Crippen LogP contribution in [0.2, 0.25) is 0 Å². The van der Waals surface area contributed by atoms with Gasteiger partial charge in [0.05, 0.1) is 0 Å². The van der Waals surface area contributed by atoms with E-state index in [1.54, 1.807) is 23.6 Å². The summed E-state index contributed by atoms with van der Waals surface area (Å²) < 4.78 is 5.73. The number of aryl methyl sites for hydroxylation is 1. The minimum absolute atomic E-state index is 0.0222. The van der Waals surface area contributed by atoms with Crippen LogP contribution in [0.1, 0.15) is 25.8 Å². The van der Waals surface area contributed by atoms with Crippen LogP contribution in [0.5, 0.6) is 5.75 Å². The van der Waals surface area contributed by atoms with Gasteiger partial charge in [-0.15, -0.1) is 0 Å². The van der Waals surface area contributed by atoms with Crippen molar-refractivity contribution in [3.63, 3.8) is 0 Å². The Kier molecular flexibility index (Phi) is 5.41. The molecule has 2 amide bonds. The molecule has 22 heavy (non-hydrogen) atoms. The zero-order valence-corrected chi connectivity index (χ0v) is 13.5. The molecule has 1 saturated heterocycles. The Hall–Kier alpha value is -2.04. The summed E-state index contributed by atoms with van der Waals surface area (Å²) in [6.45, 7) is 7.90. The molecule has 1 aliphatic rings. The Balaban J connectivity index is 1.92. The molecule has 0 N–H and O–H groups in total. The lowest BCUT2D eigenvalue weighted by Crippen LogP contribution is -2.42. The number of carbonyl (C=O) groups is 2. The van der Waals surface area contributed by atoms with Crippen LogP contribution in [-0.2, 0) is 9.59 Å². The molecule has 1 unspecified atom stereocenters. The number of nitrogens with zero attached hydrogens (tertiary/aromatic N) is 2. The van der Waals surface area contributed by atoms with E-state index in [0.29, 0.717) is 31.9 Å². The minimum atomic E-state index is -0.522. The molecule has 0 spiro atoms. The predicted octanol–water partition coefficient (Wildman–Crippen LogP) is 1.84. The molecule has 1 heterocycles. The van der Waals surface area contributed by atoms with Gasteiger partial charge in [0.15, 0.2) is 6.10 Å². The first-order chi connectivity index (χ1) is 10.5. The van der Waals surface area contributed by atoms with Crippen molar-refractivity contribution in [1.82, 2.24) is 9.80 Å². The smallest absolute Gasteiger partial charge is 0.263 e. The second kappa shape index (κ2) is 7.29. The lowest BCUT2D eigenvalue weighted by molar-refractivity contribution is -0.138. The van der Waals surface area contributed by atoms with Crippen molar-refractivity contribution in [3.05, 3.63) is 29.8 Å². The molecule has 1 aromatic rings. The average Bonchev–Trinajstić information content (AvgIpc) is 2.74. The van der Waals surface area contributed by atoms with E-state index in [0.717, 1.165) is 12.0 Å². The summed E-state index contributed by atoms with van der Waals surface area (Å²) in [4.78, 5) is 27.5. The van der Waals surface area contributed by atoms with Crippen LogP contribution in [-0.4, -0.2) is 53.9 Å². The first-order valence-electron chi connectivity index (χ1n) is 7.75. The number of benzene rings is 1. The van der Waals surface area contributed by atoms with E-state index in [1.165, 1.54) is 0 Å². The number of hydrogen-bond acceptors (Lipinski definition) is 3. The minimum Gasteiger partial charge on any atom is -0.481 e. The standard InChI is InChI=1S/C17H24N2O3/c1-13-5-7-16(8-6-13)22-14(2)17(21)19-10-4-9-18(11-12-19)15(3)20/h5-8,14H,4,9-12H2,1-3H3. The molecular formula is C17H24N2O3. The van der Waals surface area contributed by atoms with Crippen molar-refractivity contribution in [2.75, 3.05) is 26.2 Å². The maximum Gasteiger partial charge on any atom is 0.263 e. The second-order valence-electron chi connectivity index (χ2n) is 5.76. The van der Waals surface area contributed by atoms with E-state index in [9.17, 15) is 9.59 Å². The lowest BCUT2D eigenvalue weighted by Gasteiger charge is -2.25. The monoisotopic (exact) mass is 304 g/mol. The highest BCUT2D eigenvalue weighted by atomic mass is 16.5. The molecule has 1 fully saturated rings. The van der Waals surface area contributed by atoms with Gasteiger partial charge < -0.3 is 14.5 Å². The van der Waals surface area contributed by atoms with Crippen molar-refractivity contribution < 1.29 is 14.3 Å². The molecule has 2 rings (SSSR count). The molecule has 120 valence electrons. The quantitative estimate of drug-likeness (QED) is 0.856. The van der Waals surface area contributed by atoms with Gasteiger partial charge in [-0.2, -0.15) is 0 Å². The highest BCUT2D eigenvalue weighted by Gasteiger charge is 2.25. The molecule has 0 saturated carbocycles. The van der Waals surface area contributed by atoms with Gasteiger partial charge in [-0.3, -0.25) is 9.59 Å². The maximum atomic E-state index is 12.5. The van der Waals surface area contributed by atoms with Gasteiger partial charge in [-0.05, 0) is 32.4 Å². The van der Waals surface area contributed by atoms with Crippen molar-refractivity contribution in [1.29, 1.82) is 0 Å². The van der Waals surface area contributed by atoms with Crippen LogP contribution < -0.4 is 4.74 Å². The van der Waals surface area contributed by atoms with Gasteiger partial charge in [-0.25, -0.2) is 0 Å². The highest BCUT2D eigenvalue weighted by Crippen LogP contribution is 2.15. The number of ether oxygens (including phenoxy) is 1. The zero-order valence-electron chi connectivity index (χ0n) is 13.5. The van der Waals surface area contributed by atoms with E-state index in [4.69, 9.17) is 4.74 Å². The molecule has 1 aliphatic heterocycles. The van der Waals surface area contributed by atoms with Crippen LogP contribution in [0.3, 0.4) is 0 Å². The first kappa shape index (κ1) is 16.3. The third kappa shape index (κ3) is 4.23. The van der Waals surface area contributed by atoms with Gasteiger partial charge >= 0.3 is 0 Å². The van der Waals surface area contributed by atoms with Crippen LogP contribution in [0.25, 0.3) is 0 Å². The summed E-state index contributed by atoms with van der Waals surface area (Å²) in [7, 11) is 0. The van der Waals surface area contributed by atoms with Gasteiger partial charge in [0.1, 0.15) is 5.75 Å². The first-order valence-corrected chi connectivity index (χ1v) is 7.75. The number of amides is 2. The van der Waals surface area contributed by atoms with Crippen LogP contribution >= 0.6 is 0 Å². The van der Waals surface area contributed by atoms with Crippen LogP contribution in [0.15, 0.2) is 24.3 Å². The largest absolute Gasteiger partial charge is 0.481 e. The van der Waals surface area contributed by atoms with Crippen LogP contribution in [0, 0.1) is 6.92 Å². The molecule has 0 aromatic heterocycles. The zero-order chi connectivity index (χ0) is 16.1. The van der Waals surface area contributed by atoms with Gasteiger partial charge in [0.25, 0.3) is 5.91 Å². The number of hydrogen-bond donors (Lipinski definition) is 0. The molecule has 5 nitrogen and oxygen atoms in total. The average molecular weight is 304 g/mol. The summed E-state index contributed by atoms with van der Waals surface area (Å²) in [5, 5.41) is 0. The Bertz CT molecular complexity index is 527. The lowest BCUT2D eigenvalue weighted by atomic mass is 10.2. The summed E-state index contributed by atoms with van der Waals surface area (Å²) in [5.74, 6) is 0.746. The molecule has 1 aromatic carbocycles. The van der Waals surface area contributed by atoms with Crippen molar-refractivity contribution in [3.8, 4) is 5.75 Å². The number of carbonyl (C=O) groups excluding carboxylic acids is 2. The molecule has 5 heteroatoms. The van der Waals surface area contributed by atoms with Gasteiger partial charge in [-0.1, -0.05) is 17.7 Å². The van der Waals surface area contributed by atoms with E-state index in [-0.39, 0.29) is 11.8 Å². The fourth-order valence-electron chi connectivity index (χ4n) is 2.58. The molecule has 0 radical (unpaired) electrons. The SMILES string of the molecule is CC(=O)N1CCCN(C(=O)C(C)Oc2ccc(C)cc2)CC1. The van der Waals surface area contributed by atoms with Crippen molar-refractivity contribution in [2.24, 2.45) is 0 Å². The second-order valence-corrected chi connectivity index (χ2v) is 5.76. The molecular weight excluding hydrogens is 280 g/mol. The Labute approximate surface area is 131 Å². The van der Waals surface area contributed by atoms with E-state index in [2.05, 4.69) is 0 Å². The molecule has 1 atom stereocenters. The maximum absolute atomic E-state index is 12.5. The third-order valence-corrected chi connectivity index (χ3v) is 3.93. The highest BCUT2D eigenvalue weighted by molar-refractivity contribution is 5.81. The molecule has 0 bridgehead atoms. The van der Waals surface area contributed by atoms with Crippen LogP contribution in [0.4, 0.5) is 0 Å². The van der Waals surface area contributed by atoms with Crippen molar-refractivity contribution in [2.45, 2.75) is 33.3 Å². The Morgan fingerprint density at radius 2 is 1.64 bits per heavy atom. The van der Waals surface area contributed by atoms with E-state index in [1.807, 2.05) is 31.2 Å². The number of rotatable bonds is 3. The summed E-state index contributed by atoms with van der Waals surface area (Å²) in [6.07, 6.45) is 0.286. The van der Waals surface area contributed by atoms with Gasteiger partial charge in [0, 0.05) is 33.1 Å². The normalized spacial score (nSPS) is 16.9. The summed E-state index contributed by atoms with van der Waals surface area (Å²) >= 11 is 0. The Morgan fingerprint density at radius 1 is 1.05 bits per heavy atom. The van der Waals surface area contributed by atoms with Gasteiger partial charge in [0.2, 0.25) is 5.91 Å². The fraction of sp³-hybridized carbons (Fsp3) is 0.529. The Morgan fingerprint density at radius 3 is 2.27 bits per heavy atom. The molecule has 0 aliphatic carbocycles. The predicted molar refractivity (Wildman–Crippen MR) is 84.7 cm³/mol.